The molecule has 0 aliphatic heterocycles. The van der Waals surface area contributed by atoms with E-state index in [4.69, 9.17) is 0 Å². The van der Waals surface area contributed by atoms with E-state index in [1.165, 1.54) is 11.3 Å². The Morgan fingerprint density at radius 2 is 1.81 bits per heavy atom. The topological polar surface area (TPSA) is 104 Å². The Hall–Kier alpha value is -3.21. The van der Waals surface area contributed by atoms with Crippen LogP contribution in [0, 0.1) is 17.2 Å². The van der Waals surface area contributed by atoms with E-state index >= 15 is 0 Å². The van der Waals surface area contributed by atoms with Crippen LogP contribution in [0.5, 0.6) is 0 Å². The molecule has 2 saturated carbocycles. The highest BCUT2D eigenvalue weighted by atomic mass is 16.2. The Balaban J connectivity index is 1.54. The van der Waals surface area contributed by atoms with Crippen LogP contribution in [0.15, 0.2) is 30.5 Å². The van der Waals surface area contributed by atoms with Crippen molar-refractivity contribution in [3.63, 3.8) is 0 Å². The fourth-order valence-electron chi connectivity index (χ4n) is 4.29. The average Bonchev–Trinajstić information content (AvgIpc) is 3.45. The van der Waals surface area contributed by atoms with Crippen molar-refractivity contribution in [3.05, 3.63) is 47.3 Å². The maximum absolute atomic E-state index is 13.0. The predicted molar refractivity (Wildman–Crippen MR) is 114 cm³/mol. The summed E-state index contributed by atoms with van der Waals surface area (Å²) in [5, 5.41) is 21.2. The maximum atomic E-state index is 13.0. The van der Waals surface area contributed by atoms with E-state index < -0.39 is 5.54 Å². The summed E-state index contributed by atoms with van der Waals surface area (Å²) >= 11 is 0. The van der Waals surface area contributed by atoms with Gasteiger partial charge in [0, 0.05) is 25.2 Å². The molecule has 2 aliphatic rings. The molecule has 2 amide bonds. The van der Waals surface area contributed by atoms with E-state index in [2.05, 4.69) is 21.7 Å². The fraction of sp³-hybridized carbons (Fsp3) is 0.522. The number of carbonyl (C=O) groups is 2. The minimum Gasteiger partial charge on any atom is -0.345 e. The van der Waals surface area contributed by atoms with Gasteiger partial charge in [-0.3, -0.25) is 9.59 Å². The second-order valence-corrected chi connectivity index (χ2v) is 8.86. The van der Waals surface area contributed by atoms with Crippen LogP contribution in [0.4, 0.5) is 0 Å². The highest BCUT2D eigenvalue weighted by Gasteiger charge is 2.47. The molecular weight excluding hydrogens is 392 g/mol. The molecule has 0 bridgehead atoms. The van der Waals surface area contributed by atoms with E-state index in [9.17, 15) is 14.9 Å². The summed E-state index contributed by atoms with van der Waals surface area (Å²) in [5.41, 5.74) is 1.18. The molecule has 8 heteroatoms. The van der Waals surface area contributed by atoms with Crippen molar-refractivity contribution in [2.24, 2.45) is 5.92 Å². The zero-order chi connectivity index (χ0) is 22.0. The molecule has 0 radical (unpaired) electrons. The summed E-state index contributed by atoms with van der Waals surface area (Å²) < 4.78 is 1.66. The van der Waals surface area contributed by atoms with Crippen molar-refractivity contribution in [2.45, 2.75) is 56.5 Å². The first-order valence-corrected chi connectivity index (χ1v) is 10.9. The first kappa shape index (κ1) is 21.0. The first-order valence-electron chi connectivity index (χ1n) is 10.9. The number of nitrogens with zero attached hydrogens (tertiary/aromatic N) is 5. The first-order chi connectivity index (χ1) is 14.9. The normalized spacial score (nSPS) is 18.6. The minimum atomic E-state index is -0.568. The van der Waals surface area contributed by atoms with Gasteiger partial charge in [0.1, 0.15) is 5.69 Å². The second-order valence-electron chi connectivity index (χ2n) is 8.86. The third kappa shape index (κ3) is 4.31. The fourth-order valence-corrected chi connectivity index (χ4v) is 4.29. The highest BCUT2D eigenvalue weighted by Crippen LogP contribution is 2.43. The van der Waals surface area contributed by atoms with Gasteiger partial charge < -0.3 is 10.2 Å². The highest BCUT2D eigenvalue weighted by molar-refractivity contribution is 5.97. The number of carbonyl (C=O) groups excluding carboxylic acids is 2. The van der Waals surface area contributed by atoms with Crippen LogP contribution in [0.25, 0.3) is 0 Å². The van der Waals surface area contributed by atoms with Crippen molar-refractivity contribution >= 4 is 11.8 Å². The summed E-state index contributed by atoms with van der Waals surface area (Å²) in [5.74, 6) is -0.0137. The number of hydrogen-bond donors (Lipinski definition) is 1. The molecule has 0 saturated heterocycles. The number of aromatic nitrogens is 3. The van der Waals surface area contributed by atoms with E-state index in [-0.39, 0.29) is 23.8 Å². The molecule has 4 rings (SSSR count). The molecule has 1 unspecified atom stereocenters. The summed E-state index contributed by atoms with van der Waals surface area (Å²) in [6.07, 6.45) is 8.92. The Labute approximate surface area is 182 Å². The molecule has 1 atom stereocenters. The SMILES string of the molecule is CN(C)C(=O)c1ccc(C(=O)NC(c2cn(C3(C#N)CC3)nn2)C2CCCCC2)cc1. The molecule has 0 spiro atoms. The molecule has 2 aliphatic carbocycles. The van der Waals surface area contributed by atoms with Gasteiger partial charge in [0.05, 0.1) is 18.3 Å². The van der Waals surface area contributed by atoms with Crippen molar-refractivity contribution in [3.8, 4) is 6.07 Å². The standard InChI is InChI=1S/C23H28N6O2/c1-28(2)22(31)18-10-8-17(9-11-18)21(30)25-20(16-6-4-3-5-7-16)19-14-29(27-26-19)23(15-24)12-13-23/h8-11,14,16,20H,3-7,12-13H2,1-2H3,(H,25,30). The Morgan fingerprint density at radius 3 is 2.39 bits per heavy atom. The monoisotopic (exact) mass is 420 g/mol. The van der Waals surface area contributed by atoms with Crippen molar-refractivity contribution in [2.75, 3.05) is 14.1 Å². The van der Waals surface area contributed by atoms with Crippen LogP contribution in [0.3, 0.4) is 0 Å². The largest absolute Gasteiger partial charge is 0.345 e. The Kier molecular flexibility index (Phi) is 5.77. The van der Waals surface area contributed by atoms with E-state index in [0.29, 0.717) is 16.8 Å². The maximum Gasteiger partial charge on any atom is 0.253 e. The molecular formula is C23H28N6O2. The predicted octanol–water partition coefficient (Wildman–Crippen LogP) is 3.04. The number of rotatable bonds is 6. The van der Waals surface area contributed by atoms with E-state index in [1.807, 2.05) is 6.20 Å². The van der Waals surface area contributed by atoms with Crippen molar-refractivity contribution in [1.29, 1.82) is 5.26 Å². The molecule has 31 heavy (non-hydrogen) atoms. The quantitative estimate of drug-likeness (QED) is 0.773. The number of nitrogens with one attached hydrogen (secondary N) is 1. The van der Waals surface area contributed by atoms with Crippen molar-refractivity contribution < 1.29 is 9.59 Å². The zero-order valence-electron chi connectivity index (χ0n) is 18.0. The third-order valence-corrected chi connectivity index (χ3v) is 6.41. The minimum absolute atomic E-state index is 0.102. The molecule has 8 nitrogen and oxygen atoms in total. The van der Waals surface area contributed by atoms with Crippen LogP contribution in [0.2, 0.25) is 0 Å². The summed E-state index contributed by atoms with van der Waals surface area (Å²) in [4.78, 5) is 26.6. The average molecular weight is 421 g/mol. The summed E-state index contributed by atoms with van der Waals surface area (Å²) in [6, 6.07) is 8.78. The van der Waals surface area contributed by atoms with Crippen LogP contribution in [-0.2, 0) is 5.54 Å². The lowest BCUT2D eigenvalue weighted by molar-refractivity contribution is 0.0826. The molecule has 2 aromatic rings. The zero-order valence-corrected chi connectivity index (χ0v) is 18.0. The molecule has 1 aromatic carbocycles. The summed E-state index contributed by atoms with van der Waals surface area (Å²) in [6.45, 7) is 0. The van der Waals surface area contributed by atoms with Gasteiger partial charge in [0.2, 0.25) is 0 Å². The van der Waals surface area contributed by atoms with Gasteiger partial charge in [-0.2, -0.15) is 5.26 Å². The van der Waals surface area contributed by atoms with Gasteiger partial charge in [-0.05, 0) is 55.9 Å². The smallest absolute Gasteiger partial charge is 0.253 e. The molecule has 162 valence electrons. The molecule has 1 N–H and O–H groups in total. The van der Waals surface area contributed by atoms with Crippen LogP contribution >= 0.6 is 0 Å². The van der Waals surface area contributed by atoms with E-state index in [1.54, 1.807) is 43.0 Å². The van der Waals surface area contributed by atoms with E-state index in [0.717, 1.165) is 38.5 Å². The molecule has 1 aromatic heterocycles. The number of amides is 2. The number of nitriles is 1. The van der Waals surface area contributed by atoms with Gasteiger partial charge in [-0.1, -0.05) is 24.5 Å². The van der Waals surface area contributed by atoms with Gasteiger partial charge in [0.15, 0.2) is 5.54 Å². The van der Waals surface area contributed by atoms with Crippen LogP contribution < -0.4 is 5.32 Å². The third-order valence-electron chi connectivity index (χ3n) is 6.41. The Morgan fingerprint density at radius 1 is 1.16 bits per heavy atom. The lowest BCUT2D eigenvalue weighted by atomic mass is 9.82. The molecule has 1 heterocycles. The van der Waals surface area contributed by atoms with Crippen LogP contribution in [-0.4, -0.2) is 45.8 Å². The van der Waals surface area contributed by atoms with Gasteiger partial charge in [-0.15, -0.1) is 5.10 Å². The Bertz CT molecular complexity index is 994. The van der Waals surface area contributed by atoms with Crippen molar-refractivity contribution in [1.82, 2.24) is 25.2 Å². The summed E-state index contributed by atoms with van der Waals surface area (Å²) in [7, 11) is 3.39. The lowest BCUT2D eigenvalue weighted by Gasteiger charge is -2.29. The van der Waals surface area contributed by atoms with Gasteiger partial charge >= 0.3 is 0 Å². The van der Waals surface area contributed by atoms with Crippen LogP contribution in [0.1, 0.15) is 77.4 Å². The van der Waals surface area contributed by atoms with Gasteiger partial charge in [0.25, 0.3) is 11.8 Å². The second kappa shape index (κ2) is 8.50. The lowest BCUT2D eigenvalue weighted by Crippen LogP contribution is -2.34. The molecule has 2 fully saturated rings. The number of hydrogen-bond acceptors (Lipinski definition) is 5. The van der Waals surface area contributed by atoms with Gasteiger partial charge in [-0.25, -0.2) is 4.68 Å². The number of benzene rings is 1.